The van der Waals surface area contributed by atoms with Gasteiger partial charge in [0.2, 0.25) is 0 Å². The molecule has 0 bridgehead atoms. The van der Waals surface area contributed by atoms with Gasteiger partial charge in [0.25, 0.3) is 0 Å². The van der Waals surface area contributed by atoms with E-state index in [4.69, 9.17) is 4.42 Å². The second-order valence-electron chi connectivity index (χ2n) is 4.91. The van der Waals surface area contributed by atoms with Gasteiger partial charge in [-0.1, -0.05) is 19.1 Å². The van der Waals surface area contributed by atoms with Crippen molar-refractivity contribution < 1.29 is 4.42 Å². The SMILES string of the molecule is Cc1nc(CNC[C@H](C)c2nc3ccccc3o2)cs1. The van der Waals surface area contributed by atoms with E-state index in [2.05, 4.69) is 27.6 Å². The highest BCUT2D eigenvalue weighted by Gasteiger charge is 2.13. The summed E-state index contributed by atoms with van der Waals surface area (Å²) < 4.78 is 5.77. The van der Waals surface area contributed by atoms with Crippen LogP contribution in [0, 0.1) is 6.92 Å². The van der Waals surface area contributed by atoms with E-state index in [0.717, 1.165) is 40.8 Å². The van der Waals surface area contributed by atoms with Crippen LogP contribution in [0.25, 0.3) is 11.1 Å². The molecule has 5 heteroatoms. The van der Waals surface area contributed by atoms with Crippen LogP contribution in [0.5, 0.6) is 0 Å². The van der Waals surface area contributed by atoms with Gasteiger partial charge >= 0.3 is 0 Å². The summed E-state index contributed by atoms with van der Waals surface area (Å²) in [5, 5.41) is 6.60. The average Bonchev–Trinajstić information content (AvgIpc) is 3.04. The molecule has 0 radical (unpaired) electrons. The monoisotopic (exact) mass is 287 g/mol. The van der Waals surface area contributed by atoms with E-state index < -0.39 is 0 Å². The maximum atomic E-state index is 5.77. The Morgan fingerprint density at radius 1 is 1.30 bits per heavy atom. The van der Waals surface area contributed by atoms with Crippen molar-refractivity contribution in [1.29, 1.82) is 0 Å². The number of nitrogens with zero attached hydrogens (tertiary/aromatic N) is 2. The first-order valence-corrected chi connectivity index (χ1v) is 7.57. The highest BCUT2D eigenvalue weighted by molar-refractivity contribution is 7.09. The van der Waals surface area contributed by atoms with Crippen LogP contribution in [-0.4, -0.2) is 16.5 Å². The number of fused-ring (bicyclic) bond motifs is 1. The number of benzene rings is 1. The fourth-order valence-electron chi connectivity index (χ4n) is 2.09. The first-order valence-electron chi connectivity index (χ1n) is 6.69. The summed E-state index contributed by atoms with van der Waals surface area (Å²) in [5.41, 5.74) is 2.87. The van der Waals surface area contributed by atoms with E-state index in [1.807, 2.05) is 31.2 Å². The third kappa shape index (κ3) is 2.89. The second kappa shape index (κ2) is 5.73. The highest BCUT2D eigenvalue weighted by Crippen LogP contribution is 2.20. The maximum absolute atomic E-state index is 5.77. The van der Waals surface area contributed by atoms with Crippen molar-refractivity contribution in [2.45, 2.75) is 26.3 Å². The van der Waals surface area contributed by atoms with Crippen LogP contribution < -0.4 is 5.32 Å². The van der Waals surface area contributed by atoms with Crippen molar-refractivity contribution in [2.24, 2.45) is 0 Å². The van der Waals surface area contributed by atoms with Crippen LogP contribution in [0.4, 0.5) is 0 Å². The minimum Gasteiger partial charge on any atom is -0.440 e. The molecular weight excluding hydrogens is 270 g/mol. The number of hydrogen-bond acceptors (Lipinski definition) is 5. The predicted molar refractivity (Wildman–Crippen MR) is 81.0 cm³/mol. The van der Waals surface area contributed by atoms with Crippen molar-refractivity contribution in [3.8, 4) is 0 Å². The lowest BCUT2D eigenvalue weighted by Gasteiger charge is -2.07. The Labute approximate surface area is 121 Å². The van der Waals surface area contributed by atoms with Crippen molar-refractivity contribution in [1.82, 2.24) is 15.3 Å². The molecule has 4 nitrogen and oxygen atoms in total. The van der Waals surface area contributed by atoms with E-state index >= 15 is 0 Å². The predicted octanol–water partition coefficient (Wildman–Crippen LogP) is 3.49. The Morgan fingerprint density at radius 2 is 2.15 bits per heavy atom. The summed E-state index contributed by atoms with van der Waals surface area (Å²) in [4.78, 5) is 8.95. The number of nitrogens with one attached hydrogen (secondary N) is 1. The molecule has 0 aliphatic carbocycles. The molecule has 1 aromatic carbocycles. The number of hydrogen-bond donors (Lipinski definition) is 1. The summed E-state index contributed by atoms with van der Waals surface area (Å²) in [6, 6.07) is 7.86. The van der Waals surface area contributed by atoms with Crippen molar-refractivity contribution in [2.75, 3.05) is 6.54 Å². The smallest absolute Gasteiger partial charge is 0.199 e. The molecular formula is C15H17N3OS. The molecule has 2 heterocycles. The number of rotatable bonds is 5. The molecule has 1 N–H and O–H groups in total. The van der Waals surface area contributed by atoms with E-state index in [1.165, 1.54) is 0 Å². The summed E-state index contributed by atoms with van der Waals surface area (Å²) in [7, 11) is 0. The van der Waals surface area contributed by atoms with Gasteiger partial charge in [0.05, 0.1) is 10.7 Å². The zero-order chi connectivity index (χ0) is 13.9. The lowest BCUT2D eigenvalue weighted by atomic mass is 10.2. The highest BCUT2D eigenvalue weighted by atomic mass is 32.1. The zero-order valence-corrected chi connectivity index (χ0v) is 12.4. The van der Waals surface area contributed by atoms with Crippen LogP contribution in [0.1, 0.15) is 29.4 Å². The second-order valence-corrected chi connectivity index (χ2v) is 5.97. The molecule has 0 spiro atoms. The molecule has 0 aliphatic heterocycles. The first kappa shape index (κ1) is 13.3. The third-order valence-electron chi connectivity index (χ3n) is 3.16. The molecule has 104 valence electrons. The summed E-state index contributed by atoms with van der Waals surface area (Å²) >= 11 is 1.68. The number of aryl methyl sites for hydroxylation is 1. The summed E-state index contributed by atoms with van der Waals surface area (Å²) in [5.74, 6) is 1.02. The van der Waals surface area contributed by atoms with Gasteiger partial charge in [0.1, 0.15) is 5.52 Å². The largest absolute Gasteiger partial charge is 0.440 e. The van der Waals surface area contributed by atoms with Gasteiger partial charge in [0, 0.05) is 24.4 Å². The molecule has 1 atom stereocenters. The Kier molecular flexibility index (Phi) is 3.80. The molecule has 0 saturated heterocycles. The van der Waals surface area contributed by atoms with Gasteiger partial charge < -0.3 is 9.73 Å². The van der Waals surface area contributed by atoms with Crippen LogP contribution in [0.2, 0.25) is 0 Å². The van der Waals surface area contributed by atoms with Crippen LogP contribution >= 0.6 is 11.3 Å². The van der Waals surface area contributed by atoms with E-state index in [9.17, 15) is 0 Å². The fraction of sp³-hybridized carbons (Fsp3) is 0.333. The summed E-state index contributed by atoms with van der Waals surface area (Å²) in [6.45, 7) is 5.75. The molecule has 0 unspecified atom stereocenters. The Morgan fingerprint density at radius 3 is 2.90 bits per heavy atom. The van der Waals surface area contributed by atoms with E-state index in [0.29, 0.717) is 0 Å². The minimum atomic E-state index is 0.238. The lowest BCUT2D eigenvalue weighted by molar-refractivity contribution is 0.465. The summed E-state index contributed by atoms with van der Waals surface area (Å²) in [6.07, 6.45) is 0. The average molecular weight is 287 g/mol. The van der Waals surface area contributed by atoms with Crippen molar-refractivity contribution in [3.63, 3.8) is 0 Å². The van der Waals surface area contributed by atoms with Gasteiger partial charge in [-0.15, -0.1) is 11.3 Å². The van der Waals surface area contributed by atoms with Crippen LogP contribution in [0.3, 0.4) is 0 Å². The minimum absolute atomic E-state index is 0.238. The molecule has 20 heavy (non-hydrogen) atoms. The topological polar surface area (TPSA) is 51.0 Å². The van der Waals surface area contributed by atoms with Crippen molar-refractivity contribution in [3.05, 3.63) is 46.2 Å². The molecule has 0 amide bonds. The normalized spacial score (nSPS) is 12.9. The Balaban J connectivity index is 1.59. The van der Waals surface area contributed by atoms with Crippen molar-refractivity contribution >= 4 is 22.4 Å². The van der Waals surface area contributed by atoms with Gasteiger partial charge in [0.15, 0.2) is 11.5 Å². The molecule has 2 aromatic heterocycles. The standard InChI is InChI=1S/C15H17N3OS/c1-10(7-16-8-12-9-20-11(2)17-12)15-18-13-5-3-4-6-14(13)19-15/h3-6,9-10,16H,7-8H2,1-2H3/t10-/m0/s1. The molecule has 0 fully saturated rings. The molecule has 3 aromatic rings. The number of thiazole rings is 1. The van der Waals surface area contributed by atoms with Crippen LogP contribution in [0.15, 0.2) is 34.1 Å². The van der Waals surface area contributed by atoms with E-state index in [-0.39, 0.29) is 5.92 Å². The lowest BCUT2D eigenvalue weighted by Crippen LogP contribution is -2.20. The Bertz CT molecular complexity index is 671. The van der Waals surface area contributed by atoms with Gasteiger partial charge in [-0.2, -0.15) is 0 Å². The number of para-hydroxylation sites is 2. The quantitative estimate of drug-likeness (QED) is 0.780. The number of aromatic nitrogens is 2. The number of oxazole rings is 1. The molecule has 3 rings (SSSR count). The van der Waals surface area contributed by atoms with Gasteiger partial charge in [-0.25, -0.2) is 9.97 Å². The van der Waals surface area contributed by atoms with Gasteiger partial charge in [-0.3, -0.25) is 0 Å². The van der Waals surface area contributed by atoms with Crippen LogP contribution in [-0.2, 0) is 6.54 Å². The van der Waals surface area contributed by atoms with E-state index in [1.54, 1.807) is 11.3 Å². The molecule has 0 aliphatic rings. The zero-order valence-electron chi connectivity index (χ0n) is 11.6. The third-order valence-corrected chi connectivity index (χ3v) is 3.98. The first-order chi connectivity index (χ1) is 9.72. The molecule has 0 saturated carbocycles. The Hall–Kier alpha value is -1.72. The fourth-order valence-corrected chi connectivity index (χ4v) is 2.71. The van der Waals surface area contributed by atoms with Gasteiger partial charge in [-0.05, 0) is 19.1 Å². The maximum Gasteiger partial charge on any atom is 0.199 e.